The maximum Gasteiger partial charge on any atom is 0.227 e. The summed E-state index contributed by atoms with van der Waals surface area (Å²) in [5.74, 6) is -0.670. The molecule has 21 heavy (non-hydrogen) atoms. The highest BCUT2D eigenvalue weighted by molar-refractivity contribution is 6.35. The SMILES string of the molecule is CCN(CC)C(=O)CC(C)C(=O)Nc1cc(Cl)cc(Cl)c1. The van der Waals surface area contributed by atoms with Gasteiger partial charge in [-0.15, -0.1) is 0 Å². The van der Waals surface area contributed by atoms with E-state index in [0.29, 0.717) is 28.8 Å². The zero-order valence-electron chi connectivity index (χ0n) is 12.5. The lowest BCUT2D eigenvalue weighted by Gasteiger charge is -2.20. The molecule has 0 radical (unpaired) electrons. The van der Waals surface area contributed by atoms with Gasteiger partial charge in [-0.3, -0.25) is 9.59 Å². The Kier molecular flexibility index (Phi) is 6.99. The van der Waals surface area contributed by atoms with Gasteiger partial charge in [-0.1, -0.05) is 30.1 Å². The molecule has 0 aliphatic heterocycles. The molecule has 0 spiro atoms. The van der Waals surface area contributed by atoms with Crippen molar-refractivity contribution in [1.82, 2.24) is 4.90 Å². The first-order chi connectivity index (χ1) is 9.87. The lowest BCUT2D eigenvalue weighted by molar-refractivity contribution is -0.134. The standard InChI is InChI=1S/C15H20Cl2N2O2/c1-4-19(5-2)14(20)6-10(3)15(21)18-13-8-11(16)7-12(17)9-13/h7-10H,4-6H2,1-3H3,(H,18,21). The summed E-state index contributed by atoms with van der Waals surface area (Å²) in [5.41, 5.74) is 0.527. The molecule has 0 aromatic heterocycles. The first kappa shape index (κ1) is 17.8. The average Bonchev–Trinajstić information content (AvgIpc) is 2.38. The molecule has 6 heteroatoms. The molecule has 1 unspecified atom stereocenters. The number of amides is 2. The van der Waals surface area contributed by atoms with Crippen LogP contribution in [0.5, 0.6) is 0 Å². The quantitative estimate of drug-likeness (QED) is 0.861. The fourth-order valence-electron chi connectivity index (χ4n) is 1.95. The number of hydrogen-bond acceptors (Lipinski definition) is 2. The van der Waals surface area contributed by atoms with Crippen LogP contribution < -0.4 is 5.32 Å². The van der Waals surface area contributed by atoms with Crippen molar-refractivity contribution in [2.75, 3.05) is 18.4 Å². The third kappa shape index (κ3) is 5.56. The molecule has 116 valence electrons. The fourth-order valence-corrected chi connectivity index (χ4v) is 2.48. The van der Waals surface area contributed by atoms with E-state index >= 15 is 0 Å². The summed E-state index contributed by atoms with van der Waals surface area (Å²) in [6.07, 6.45) is 0.182. The lowest BCUT2D eigenvalue weighted by Crippen LogP contribution is -2.34. The Morgan fingerprint density at radius 3 is 2.14 bits per heavy atom. The van der Waals surface area contributed by atoms with Gasteiger partial charge in [-0.05, 0) is 32.0 Å². The van der Waals surface area contributed by atoms with E-state index in [-0.39, 0.29) is 18.2 Å². The molecule has 0 bridgehead atoms. The Labute approximate surface area is 135 Å². The van der Waals surface area contributed by atoms with Crippen LogP contribution in [0.15, 0.2) is 18.2 Å². The van der Waals surface area contributed by atoms with Crippen molar-refractivity contribution in [3.05, 3.63) is 28.2 Å². The molecule has 1 atom stereocenters. The second kappa shape index (κ2) is 8.25. The summed E-state index contributed by atoms with van der Waals surface area (Å²) in [4.78, 5) is 25.8. The Morgan fingerprint density at radius 2 is 1.67 bits per heavy atom. The van der Waals surface area contributed by atoms with Gasteiger partial charge in [0, 0.05) is 41.2 Å². The smallest absolute Gasteiger partial charge is 0.227 e. The van der Waals surface area contributed by atoms with E-state index < -0.39 is 5.92 Å². The van der Waals surface area contributed by atoms with Gasteiger partial charge < -0.3 is 10.2 Å². The zero-order chi connectivity index (χ0) is 16.0. The zero-order valence-corrected chi connectivity index (χ0v) is 14.0. The normalized spacial score (nSPS) is 11.9. The molecule has 0 saturated carbocycles. The van der Waals surface area contributed by atoms with Gasteiger partial charge in [0.25, 0.3) is 0 Å². The number of rotatable bonds is 6. The minimum Gasteiger partial charge on any atom is -0.343 e. The van der Waals surface area contributed by atoms with Crippen LogP contribution >= 0.6 is 23.2 Å². The van der Waals surface area contributed by atoms with Crippen LogP contribution in [0.2, 0.25) is 10.0 Å². The van der Waals surface area contributed by atoms with Gasteiger partial charge in [0.1, 0.15) is 0 Å². The first-order valence-electron chi connectivity index (χ1n) is 6.92. The van der Waals surface area contributed by atoms with Gasteiger partial charge in [0.15, 0.2) is 0 Å². The van der Waals surface area contributed by atoms with Crippen LogP contribution in [0, 0.1) is 5.92 Å². The molecule has 1 N–H and O–H groups in total. The van der Waals surface area contributed by atoms with Crippen LogP contribution in [-0.2, 0) is 9.59 Å². The van der Waals surface area contributed by atoms with E-state index in [2.05, 4.69) is 5.32 Å². The molecular weight excluding hydrogens is 311 g/mol. The summed E-state index contributed by atoms with van der Waals surface area (Å²) in [6, 6.07) is 4.82. The van der Waals surface area contributed by atoms with E-state index in [0.717, 1.165) is 0 Å². The molecule has 0 saturated heterocycles. The van der Waals surface area contributed by atoms with E-state index in [1.165, 1.54) is 0 Å². The largest absolute Gasteiger partial charge is 0.343 e. The molecule has 4 nitrogen and oxygen atoms in total. The number of nitrogens with zero attached hydrogens (tertiary/aromatic N) is 1. The third-order valence-corrected chi connectivity index (χ3v) is 3.61. The second-order valence-corrected chi connectivity index (χ2v) is 5.69. The minimum atomic E-state index is -0.421. The summed E-state index contributed by atoms with van der Waals surface area (Å²) in [7, 11) is 0. The van der Waals surface area contributed by atoms with Crippen molar-refractivity contribution in [1.29, 1.82) is 0 Å². The van der Waals surface area contributed by atoms with Gasteiger partial charge in [0.05, 0.1) is 0 Å². The Balaban J connectivity index is 2.64. The molecule has 1 rings (SSSR count). The molecule has 0 aliphatic carbocycles. The summed E-state index contributed by atoms with van der Waals surface area (Å²) >= 11 is 11.8. The minimum absolute atomic E-state index is 0.0215. The topological polar surface area (TPSA) is 49.4 Å². The van der Waals surface area contributed by atoms with E-state index in [1.807, 2.05) is 13.8 Å². The monoisotopic (exact) mass is 330 g/mol. The van der Waals surface area contributed by atoms with Crippen molar-refractivity contribution in [2.24, 2.45) is 5.92 Å². The van der Waals surface area contributed by atoms with Gasteiger partial charge in [0.2, 0.25) is 11.8 Å². The van der Waals surface area contributed by atoms with Crippen molar-refractivity contribution in [2.45, 2.75) is 27.2 Å². The van der Waals surface area contributed by atoms with Crippen molar-refractivity contribution < 1.29 is 9.59 Å². The number of halogens is 2. The van der Waals surface area contributed by atoms with Crippen LogP contribution in [0.1, 0.15) is 27.2 Å². The second-order valence-electron chi connectivity index (χ2n) is 4.82. The lowest BCUT2D eigenvalue weighted by atomic mass is 10.1. The maximum absolute atomic E-state index is 12.1. The van der Waals surface area contributed by atoms with Crippen LogP contribution in [0.3, 0.4) is 0 Å². The highest BCUT2D eigenvalue weighted by atomic mass is 35.5. The highest BCUT2D eigenvalue weighted by Crippen LogP contribution is 2.23. The third-order valence-electron chi connectivity index (χ3n) is 3.17. The van der Waals surface area contributed by atoms with Crippen LogP contribution in [0.4, 0.5) is 5.69 Å². The summed E-state index contributed by atoms with van der Waals surface area (Å²) in [5, 5.41) is 3.62. The van der Waals surface area contributed by atoms with E-state index in [1.54, 1.807) is 30.0 Å². The number of nitrogens with one attached hydrogen (secondary N) is 1. The molecule has 1 aromatic rings. The summed E-state index contributed by atoms with van der Waals surface area (Å²) < 4.78 is 0. The predicted octanol–water partition coefficient (Wildman–Crippen LogP) is 3.83. The highest BCUT2D eigenvalue weighted by Gasteiger charge is 2.20. The predicted molar refractivity (Wildman–Crippen MR) is 86.8 cm³/mol. The van der Waals surface area contributed by atoms with E-state index in [9.17, 15) is 9.59 Å². The summed E-state index contributed by atoms with van der Waals surface area (Å²) in [6.45, 7) is 6.85. The van der Waals surface area contributed by atoms with Crippen LogP contribution in [0.25, 0.3) is 0 Å². The maximum atomic E-state index is 12.1. The van der Waals surface area contributed by atoms with Crippen molar-refractivity contribution >= 4 is 40.7 Å². The van der Waals surface area contributed by atoms with Gasteiger partial charge in [-0.2, -0.15) is 0 Å². The van der Waals surface area contributed by atoms with Gasteiger partial charge in [-0.25, -0.2) is 0 Å². The van der Waals surface area contributed by atoms with Gasteiger partial charge >= 0.3 is 0 Å². The number of carbonyl (C=O) groups excluding carboxylic acids is 2. The molecule has 0 fully saturated rings. The molecular formula is C15H20Cl2N2O2. The number of carbonyl (C=O) groups is 2. The Bertz CT molecular complexity index is 496. The molecule has 2 amide bonds. The van der Waals surface area contributed by atoms with Crippen LogP contribution in [-0.4, -0.2) is 29.8 Å². The molecule has 1 aromatic carbocycles. The Morgan fingerprint density at radius 1 is 1.14 bits per heavy atom. The molecule has 0 heterocycles. The fraction of sp³-hybridized carbons (Fsp3) is 0.467. The first-order valence-corrected chi connectivity index (χ1v) is 7.67. The Hall–Kier alpha value is -1.26. The van der Waals surface area contributed by atoms with E-state index in [4.69, 9.17) is 23.2 Å². The van der Waals surface area contributed by atoms with Crippen molar-refractivity contribution in [3.63, 3.8) is 0 Å². The molecule has 0 aliphatic rings. The van der Waals surface area contributed by atoms with Crippen molar-refractivity contribution in [3.8, 4) is 0 Å². The number of benzene rings is 1. The average molecular weight is 331 g/mol. The number of anilines is 1. The number of hydrogen-bond donors (Lipinski definition) is 1.